The number of amides is 1. The first-order valence-electron chi connectivity index (χ1n) is 11.9. The van der Waals surface area contributed by atoms with Crippen molar-refractivity contribution in [2.75, 3.05) is 26.0 Å². The molecule has 10 heteroatoms. The van der Waals surface area contributed by atoms with E-state index in [4.69, 9.17) is 4.98 Å². The number of halogens is 1. The van der Waals surface area contributed by atoms with Crippen molar-refractivity contribution >= 4 is 33.5 Å². The van der Waals surface area contributed by atoms with E-state index in [0.717, 1.165) is 27.7 Å². The lowest BCUT2D eigenvalue weighted by atomic mass is 10.1. The molecule has 0 saturated heterocycles. The van der Waals surface area contributed by atoms with Gasteiger partial charge >= 0.3 is 0 Å². The minimum atomic E-state index is -0.333. The fourth-order valence-electron chi connectivity index (χ4n) is 4.43. The van der Waals surface area contributed by atoms with Gasteiger partial charge in [-0.15, -0.1) is 0 Å². The molecule has 0 fully saturated rings. The van der Waals surface area contributed by atoms with Crippen molar-refractivity contribution in [2.24, 2.45) is 0 Å². The first-order chi connectivity index (χ1) is 18.5. The number of fused-ring (bicyclic) bond motifs is 2. The average Bonchev–Trinajstić information content (AvgIpc) is 3.52. The van der Waals surface area contributed by atoms with Crippen LogP contribution in [0.25, 0.3) is 55.8 Å². The van der Waals surface area contributed by atoms with Crippen molar-refractivity contribution in [1.29, 1.82) is 0 Å². The molecule has 0 aliphatic rings. The van der Waals surface area contributed by atoms with Crippen LogP contribution in [0.2, 0.25) is 0 Å². The Labute approximate surface area is 216 Å². The monoisotopic (exact) mass is 506 g/mol. The number of hydrogen-bond acceptors (Lipinski definition) is 6. The third kappa shape index (κ3) is 4.37. The third-order valence-electron chi connectivity index (χ3n) is 6.12. The highest BCUT2D eigenvalue weighted by atomic mass is 19.1. The van der Waals surface area contributed by atoms with Crippen molar-refractivity contribution in [3.63, 3.8) is 0 Å². The van der Waals surface area contributed by atoms with Crippen molar-refractivity contribution in [2.45, 2.75) is 0 Å². The zero-order valence-electron chi connectivity index (χ0n) is 20.7. The first kappa shape index (κ1) is 23.4. The van der Waals surface area contributed by atoms with Crippen LogP contribution in [0.5, 0.6) is 0 Å². The minimum Gasteiger partial charge on any atom is -0.353 e. The lowest BCUT2D eigenvalue weighted by Gasteiger charge is -2.10. The second kappa shape index (κ2) is 9.49. The van der Waals surface area contributed by atoms with Gasteiger partial charge in [-0.3, -0.25) is 19.9 Å². The van der Waals surface area contributed by atoms with E-state index in [9.17, 15) is 9.18 Å². The summed E-state index contributed by atoms with van der Waals surface area (Å²) in [6.07, 6.45) is 4.95. The number of nitrogens with one attached hydrogen (secondary N) is 3. The van der Waals surface area contributed by atoms with E-state index in [1.165, 1.54) is 6.07 Å². The Morgan fingerprint density at radius 1 is 1.03 bits per heavy atom. The van der Waals surface area contributed by atoms with Crippen LogP contribution in [-0.2, 0) is 4.79 Å². The molecule has 5 heterocycles. The van der Waals surface area contributed by atoms with Gasteiger partial charge in [0.2, 0.25) is 5.91 Å². The number of hydrogen-bond donors (Lipinski definition) is 3. The Balaban J connectivity index is 1.39. The van der Waals surface area contributed by atoms with Gasteiger partial charge in [-0.05, 0) is 56.6 Å². The number of benzene rings is 1. The summed E-state index contributed by atoms with van der Waals surface area (Å²) < 4.78 is 14.5. The summed E-state index contributed by atoms with van der Waals surface area (Å²) in [6.45, 7) is 0.269. The quantitative estimate of drug-likeness (QED) is 0.297. The maximum Gasteiger partial charge on any atom is 0.238 e. The van der Waals surface area contributed by atoms with E-state index in [-0.39, 0.29) is 18.3 Å². The molecule has 0 aliphatic carbocycles. The van der Waals surface area contributed by atoms with Crippen LogP contribution >= 0.6 is 0 Å². The number of aromatic nitrogens is 6. The molecule has 1 amide bonds. The maximum atomic E-state index is 14.5. The SMILES string of the molecule is CN(C)CC(=O)Nc1cncc(-c2ccc3[nH]nc(-c4cc5c(-c6ccccc6F)nccc5[nH]4)c3n2)c1. The standard InChI is InChI=1S/C28H23FN8O/c1-37(2)15-25(38)32-17-11-16(13-30-14-17)21-7-8-23-27(34-21)28(36-35-23)24-12-19-22(33-24)9-10-31-26(19)18-5-3-4-6-20(18)29/h3-14,33H,15H2,1-2H3,(H,32,38)(H,35,36). The van der Waals surface area contributed by atoms with Gasteiger partial charge in [0.25, 0.3) is 0 Å². The second-order valence-corrected chi connectivity index (χ2v) is 9.20. The molecule has 38 heavy (non-hydrogen) atoms. The molecule has 0 unspecified atom stereocenters. The van der Waals surface area contributed by atoms with Gasteiger partial charge < -0.3 is 15.2 Å². The maximum absolute atomic E-state index is 14.5. The second-order valence-electron chi connectivity index (χ2n) is 9.20. The lowest BCUT2D eigenvalue weighted by Crippen LogP contribution is -2.27. The summed E-state index contributed by atoms with van der Waals surface area (Å²) in [4.78, 5) is 30.9. The highest BCUT2D eigenvalue weighted by molar-refractivity contribution is 5.99. The highest BCUT2D eigenvalue weighted by Crippen LogP contribution is 2.34. The number of rotatable bonds is 6. The predicted octanol–water partition coefficient (Wildman–Crippen LogP) is 4.87. The van der Waals surface area contributed by atoms with Crippen LogP contribution in [0.15, 0.2) is 73.2 Å². The molecule has 0 spiro atoms. The van der Waals surface area contributed by atoms with E-state index in [1.54, 1.807) is 41.7 Å². The molecule has 5 aromatic heterocycles. The van der Waals surface area contributed by atoms with Gasteiger partial charge in [-0.2, -0.15) is 5.10 Å². The molecule has 9 nitrogen and oxygen atoms in total. The molecule has 0 radical (unpaired) electrons. The van der Waals surface area contributed by atoms with Crippen LogP contribution < -0.4 is 5.32 Å². The van der Waals surface area contributed by atoms with Crippen molar-refractivity contribution < 1.29 is 9.18 Å². The molecule has 0 saturated carbocycles. The number of nitrogens with zero attached hydrogens (tertiary/aromatic N) is 5. The van der Waals surface area contributed by atoms with Gasteiger partial charge in [0.15, 0.2) is 0 Å². The van der Waals surface area contributed by atoms with Crippen LogP contribution in [0.1, 0.15) is 0 Å². The number of carbonyl (C=O) groups excluding carboxylic acids is 1. The Morgan fingerprint density at radius 2 is 1.89 bits per heavy atom. The molecular weight excluding hydrogens is 483 g/mol. The average molecular weight is 507 g/mol. The highest BCUT2D eigenvalue weighted by Gasteiger charge is 2.17. The van der Waals surface area contributed by atoms with Crippen molar-refractivity contribution in [3.8, 4) is 33.9 Å². The minimum absolute atomic E-state index is 0.127. The van der Waals surface area contributed by atoms with Crippen molar-refractivity contribution in [1.82, 2.24) is 35.0 Å². The fraction of sp³-hybridized carbons (Fsp3) is 0.107. The van der Waals surface area contributed by atoms with Gasteiger partial charge in [0.05, 0.1) is 41.0 Å². The summed E-state index contributed by atoms with van der Waals surface area (Å²) in [5.74, 6) is -0.460. The molecule has 6 aromatic rings. The van der Waals surface area contributed by atoms with Gasteiger partial charge in [-0.1, -0.05) is 12.1 Å². The predicted molar refractivity (Wildman–Crippen MR) is 145 cm³/mol. The lowest BCUT2D eigenvalue weighted by molar-refractivity contribution is -0.116. The number of pyridine rings is 3. The third-order valence-corrected chi connectivity index (χ3v) is 6.12. The fourth-order valence-corrected chi connectivity index (χ4v) is 4.43. The number of anilines is 1. The molecule has 1 aromatic carbocycles. The summed E-state index contributed by atoms with van der Waals surface area (Å²) in [6, 6.07) is 16.0. The number of likely N-dealkylation sites (N-methyl/N-ethyl adjacent to an activating group) is 1. The van der Waals surface area contributed by atoms with E-state index in [2.05, 4.69) is 30.5 Å². The van der Waals surface area contributed by atoms with Gasteiger partial charge in [-0.25, -0.2) is 9.37 Å². The Bertz CT molecular complexity index is 1810. The molecule has 0 aliphatic heterocycles. The molecular formula is C28H23FN8O. The number of carbonyl (C=O) groups is 1. The Morgan fingerprint density at radius 3 is 2.74 bits per heavy atom. The summed E-state index contributed by atoms with van der Waals surface area (Å²) >= 11 is 0. The van der Waals surface area contributed by atoms with Crippen LogP contribution in [0.4, 0.5) is 10.1 Å². The molecule has 0 bridgehead atoms. The molecule has 188 valence electrons. The van der Waals surface area contributed by atoms with Crippen LogP contribution in [0.3, 0.4) is 0 Å². The molecule has 6 rings (SSSR count). The zero-order valence-corrected chi connectivity index (χ0v) is 20.7. The number of H-pyrrole nitrogens is 2. The normalized spacial score (nSPS) is 11.5. The summed E-state index contributed by atoms with van der Waals surface area (Å²) in [5, 5.41) is 11.2. The van der Waals surface area contributed by atoms with Crippen LogP contribution in [0, 0.1) is 5.82 Å². The Hall–Kier alpha value is -4.96. The summed E-state index contributed by atoms with van der Waals surface area (Å²) in [5.41, 5.74) is 6.60. The van der Waals surface area contributed by atoms with Gasteiger partial charge in [0.1, 0.15) is 17.0 Å². The van der Waals surface area contributed by atoms with E-state index in [0.29, 0.717) is 33.8 Å². The largest absolute Gasteiger partial charge is 0.353 e. The smallest absolute Gasteiger partial charge is 0.238 e. The van der Waals surface area contributed by atoms with Gasteiger partial charge in [0, 0.05) is 34.4 Å². The Kier molecular flexibility index (Phi) is 5.85. The van der Waals surface area contributed by atoms with Crippen LogP contribution in [-0.4, -0.2) is 61.6 Å². The van der Waals surface area contributed by atoms with Crippen molar-refractivity contribution in [3.05, 3.63) is 79.0 Å². The van der Waals surface area contributed by atoms with E-state index >= 15 is 0 Å². The summed E-state index contributed by atoms with van der Waals surface area (Å²) in [7, 11) is 3.67. The molecule has 0 atom stereocenters. The zero-order chi connectivity index (χ0) is 26.2. The van der Waals surface area contributed by atoms with E-state index < -0.39 is 0 Å². The van der Waals surface area contributed by atoms with E-state index in [1.807, 2.05) is 44.4 Å². The topological polar surface area (TPSA) is 115 Å². The first-order valence-corrected chi connectivity index (χ1v) is 11.9. The molecule has 3 N–H and O–H groups in total. The number of aromatic amines is 2.